The number of nitrogens with zero attached hydrogens (tertiary/aromatic N) is 2. The zero-order chi connectivity index (χ0) is 30.3. The highest BCUT2D eigenvalue weighted by Gasteiger charge is 2.39. The van der Waals surface area contributed by atoms with Gasteiger partial charge in [-0.15, -0.1) is 0 Å². The molecule has 2 atom stereocenters. The molecule has 2 aromatic carbocycles. The molecule has 0 bridgehead atoms. The fourth-order valence-electron chi connectivity index (χ4n) is 5.74. The van der Waals surface area contributed by atoms with Crippen molar-refractivity contribution < 1.29 is 28.4 Å². The summed E-state index contributed by atoms with van der Waals surface area (Å²) in [6.07, 6.45) is 4.28. The number of benzene rings is 2. The zero-order valence-electron chi connectivity index (χ0n) is 24.3. The fourth-order valence-corrected chi connectivity index (χ4v) is 5.74. The van der Waals surface area contributed by atoms with Crippen molar-refractivity contribution in [1.82, 2.24) is 10.2 Å². The summed E-state index contributed by atoms with van der Waals surface area (Å²) in [5, 5.41) is 14.8. The Kier molecular flexibility index (Phi) is 9.36. The molecule has 224 valence electrons. The summed E-state index contributed by atoms with van der Waals surface area (Å²) in [6.45, 7) is 5.71. The maximum absolute atomic E-state index is 14.2. The molecule has 2 aliphatic heterocycles. The molecule has 10 heteroatoms. The van der Waals surface area contributed by atoms with Crippen molar-refractivity contribution in [1.29, 1.82) is 0 Å². The van der Waals surface area contributed by atoms with Crippen molar-refractivity contribution >= 4 is 17.6 Å². The van der Waals surface area contributed by atoms with Crippen molar-refractivity contribution in [3.8, 4) is 0 Å². The van der Waals surface area contributed by atoms with Gasteiger partial charge in [-0.25, -0.2) is 9.59 Å². The van der Waals surface area contributed by atoms with E-state index >= 15 is 0 Å². The van der Waals surface area contributed by atoms with Crippen molar-refractivity contribution in [2.24, 2.45) is 0 Å². The van der Waals surface area contributed by atoms with Gasteiger partial charge in [-0.1, -0.05) is 48.9 Å². The van der Waals surface area contributed by atoms with E-state index in [9.17, 15) is 19.7 Å². The first-order chi connectivity index (χ1) is 20.8. The van der Waals surface area contributed by atoms with Crippen LogP contribution in [0.2, 0.25) is 0 Å². The number of allylic oxidation sites excluding steroid dienone is 2. The maximum atomic E-state index is 14.2. The number of non-ortho nitro benzene ring substituents is 1. The van der Waals surface area contributed by atoms with Gasteiger partial charge in [0.1, 0.15) is 18.5 Å². The molecule has 1 saturated heterocycles. The van der Waals surface area contributed by atoms with Crippen molar-refractivity contribution in [2.75, 3.05) is 19.6 Å². The molecule has 2 unspecified atom stereocenters. The van der Waals surface area contributed by atoms with E-state index in [0.29, 0.717) is 29.3 Å². The van der Waals surface area contributed by atoms with Crippen LogP contribution in [0.25, 0.3) is 0 Å². The summed E-state index contributed by atoms with van der Waals surface area (Å²) in [6, 6.07) is 18.9. The largest absolute Gasteiger partial charge is 0.466 e. The second kappa shape index (κ2) is 13.5. The minimum absolute atomic E-state index is 0.112. The highest BCUT2D eigenvalue weighted by Crippen LogP contribution is 2.41. The fraction of sp³-hybridized carbons (Fsp3) is 0.333. The van der Waals surface area contributed by atoms with Crippen LogP contribution in [0.15, 0.2) is 100.0 Å². The average Bonchev–Trinajstić information content (AvgIpc) is 3.54. The molecule has 0 amide bonds. The summed E-state index contributed by atoms with van der Waals surface area (Å²) in [7, 11) is 0. The van der Waals surface area contributed by atoms with Crippen molar-refractivity contribution in [3.05, 3.63) is 123 Å². The Morgan fingerprint density at radius 1 is 0.977 bits per heavy atom. The first-order valence-corrected chi connectivity index (χ1v) is 14.4. The van der Waals surface area contributed by atoms with E-state index in [2.05, 4.69) is 10.2 Å². The molecule has 43 heavy (non-hydrogen) atoms. The predicted octanol–water partition coefficient (Wildman–Crippen LogP) is 5.94. The number of nitro groups is 1. The van der Waals surface area contributed by atoms with Gasteiger partial charge in [0.15, 0.2) is 0 Å². The second-order valence-electron chi connectivity index (χ2n) is 10.8. The van der Waals surface area contributed by atoms with Gasteiger partial charge in [0, 0.05) is 30.1 Å². The van der Waals surface area contributed by atoms with E-state index in [1.165, 1.54) is 30.9 Å². The quantitative estimate of drug-likeness (QED) is 0.175. The minimum atomic E-state index is -0.968. The summed E-state index contributed by atoms with van der Waals surface area (Å²) in [5.41, 5.74) is 2.43. The number of furan rings is 1. The molecule has 2 aliphatic rings. The number of piperidine rings is 1. The Morgan fingerprint density at radius 2 is 1.70 bits per heavy atom. The van der Waals surface area contributed by atoms with Crippen LogP contribution in [0.3, 0.4) is 0 Å². The molecule has 3 heterocycles. The summed E-state index contributed by atoms with van der Waals surface area (Å²) >= 11 is 0. The lowest BCUT2D eigenvalue weighted by Crippen LogP contribution is -2.36. The van der Waals surface area contributed by atoms with Gasteiger partial charge in [0.2, 0.25) is 0 Å². The first kappa shape index (κ1) is 29.8. The zero-order valence-corrected chi connectivity index (χ0v) is 24.3. The molecule has 1 fully saturated rings. The molecule has 1 N–H and O–H groups in total. The molecule has 0 aliphatic carbocycles. The van der Waals surface area contributed by atoms with E-state index in [1.54, 1.807) is 32.0 Å². The maximum Gasteiger partial charge on any atom is 0.337 e. The van der Waals surface area contributed by atoms with Crippen LogP contribution in [-0.2, 0) is 25.7 Å². The third kappa shape index (κ3) is 7.03. The van der Waals surface area contributed by atoms with E-state index < -0.39 is 28.9 Å². The number of nitrogens with one attached hydrogen (secondary N) is 1. The topological polar surface area (TPSA) is 124 Å². The lowest BCUT2D eigenvalue weighted by atomic mass is 9.80. The van der Waals surface area contributed by atoms with Gasteiger partial charge < -0.3 is 19.2 Å². The minimum Gasteiger partial charge on any atom is -0.466 e. The van der Waals surface area contributed by atoms with Gasteiger partial charge in [-0.05, 0) is 63.0 Å². The summed E-state index contributed by atoms with van der Waals surface area (Å²) in [4.78, 5) is 41.3. The molecule has 0 spiro atoms. The Labute approximate surface area is 250 Å². The number of ether oxygens (including phenoxy) is 2. The number of nitro benzene ring substituents is 1. The third-order valence-electron chi connectivity index (χ3n) is 7.83. The number of esters is 2. The predicted molar refractivity (Wildman–Crippen MR) is 158 cm³/mol. The highest BCUT2D eigenvalue weighted by molar-refractivity contribution is 6.00. The van der Waals surface area contributed by atoms with Gasteiger partial charge in [0.25, 0.3) is 5.69 Å². The molecule has 3 aromatic rings. The van der Waals surface area contributed by atoms with Crippen LogP contribution in [-0.4, -0.2) is 41.4 Å². The lowest BCUT2D eigenvalue weighted by molar-refractivity contribution is -0.384. The Morgan fingerprint density at radius 3 is 2.37 bits per heavy atom. The van der Waals surface area contributed by atoms with Gasteiger partial charge in [-0.2, -0.15) is 0 Å². The van der Waals surface area contributed by atoms with E-state index in [-0.39, 0.29) is 23.4 Å². The van der Waals surface area contributed by atoms with E-state index in [4.69, 9.17) is 13.9 Å². The molecular formula is C33H35N3O7. The summed E-state index contributed by atoms with van der Waals surface area (Å²) in [5.74, 6) is -1.80. The summed E-state index contributed by atoms with van der Waals surface area (Å²) < 4.78 is 17.2. The van der Waals surface area contributed by atoms with Crippen LogP contribution < -0.4 is 5.32 Å². The standard InChI is InChI=1S/C33H35N3O7/c1-22-29(32(37)42-21-27-15-10-18-41-27)31(25-13-9-14-26(19-25)36(39)40)30(23(2)34-22)33(38)43-28(24-11-5-3-6-12-24)20-35-16-7-4-8-17-35/h3,5-6,9-15,18-19,28,31,34H,4,7-8,16-17,20-21H2,1-2H3. The lowest BCUT2D eigenvalue weighted by Gasteiger charge is -2.33. The highest BCUT2D eigenvalue weighted by atomic mass is 16.6. The number of likely N-dealkylation sites (tertiary alicyclic amines) is 1. The van der Waals surface area contributed by atoms with Gasteiger partial charge in [0.05, 0.1) is 28.3 Å². The number of hydrogen-bond acceptors (Lipinski definition) is 9. The van der Waals surface area contributed by atoms with Crippen LogP contribution in [0.4, 0.5) is 5.69 Å². The normalized spacial score (nSPS) is 18.1. The van der Waals surface area contributed by atoms with Crippen LogP contribution >= 0.6 is 0 Å². The third-order valence-corrected chi connectivity index (χ3v) is 7.83. The van der Waals surface area contributed by atoms with Crippen LogP contribution in [0.1, 0.15) is 62.0 Å². The SMILES string of the molecule is CC1=C(C(=O)OCc2ccco2)C(c2cccc([N+](=O)[O-])c2)C(C(=O)OC(CN2CCCCC2)c2ccccc2)=C(C)N1. The number of hydrogen-bond donors (Lipinski definition) is 1. The Bertz CT molecular complexity index is 1520. The first-order valence-electron chi connectivity index (χ1n) is 14.4. The number of carbonyl (C=O) groups excluding carboxylic acids is 2. The number of rotatable bonds is 10. The molecular weight excluding hydrogens is 550 g/mol. The molecule has 0 saturated carbocycles. The van der Waals surface area contributed by atoms with Crippen molar-refractivity contribution in [3.63, 3.8) is 0 Å². The Hall–Kier alpha value is -4.70. The smallest absolute Gasteiger partial charge is 0.337 e. The molecule has 1 aromatic heterocycles. The molecule has 10 nitrogen and oxygen atoms in total. The molecule has 0 radical (unpaired) electrons. The van der Waals surface area contributed by atoms with E-state index in [0.717, 1.165) is 31.5 Å². The average molecular weight is 586 g/mol. The van der Waals surface area contributed by atoms with Crippen LogP contribution in [0, 0.1) is 10.1 Å². The van der Waals surface area contributed by atoms with Gasteiger partial charge >= 0.3 is 11.9 Å². The number of dihydropyridines is 1. The number of carbonyl (C=O) groups is 2. The van der Waals surface area contributed by atoms with Crippen LogP contribution in [0.5, 0.6) is 0 Å². The van der Waals surface area contributed by atoms with E-state index in [1.807, 2.05) is 30.3 Å². The van der Waals surface area contributed by atoms with Crippen molar-refractivity contribution in [2.45, 2.75) is 51.7 Å². The second-order valence-corrected chi connectivity index (χ2v) is 10.8. The Balaban J connectivity index is 1.51. The monoisotopic (exact) mass is 585 g/mol. The van der Waals surface area contributed by atoms with Gasteiger partial charge in [-0.3, -0.25) is 15.0 Å². The molecule has 5 rings (SSSR count).